The number of methoxy groups -OCH3 is 1. The summed E-state index contributed by atoms with van der Waals surface area (Å²) >= 11 is 0. The van der Waals surface area contributed by atoms with Gasteiger partial charge in [0.15, 0.2) is 11.5 Å². The van der Waals surface area contributed by atoms with Gasteiger partial charge in [-0.05, 0) is 30.7 Å². The van der Waals surface area contributed by atoms with Crippen molar-refractivity contribution in [3.63, 3.8) is 0 Å². The van der Waals surface area contributed by atoms with Crippen molar-refractivity contribution < 1.29 is 23.5 Å². The van der Waals surface area contributed by atoms with E-state index in [2.05, 4.69) is 15.8 Å². The molecule has 0 aromatic heterocycles. The molecular formula is C21H24FN3O4. The zero-order valence-electron chi connectivity index (χ0n) is 16.4. The Kier molecular flexibility index (Phi) is 8.62. The van der Waals surface area contributed by atoms with Crippen LogP contribution >= 0.6 is 0 Å². The molecule has 2 rings (SSSR count). The Bertz CT molecular complexity index is 871. The van der Waals surface area contributed by atoms with Crippen LogP contribution in [-0.4, -0.2) is 38.3 Å². The number of hydrogen-bond acceptors (Lipinski definition) is 5. The average molecular weight is 401 g/mol. The molecule has 0 radical (unpaired) electrons. The molecule has 7 nitrogen and oxygen atoms in total. The maximum Gasteiger partial charge on any atom is 0.254 e. The van der Waals surface area contributed by atoms with Gasteiger partial charge in [-0.15, -0.1) is 0 Å². The number of para-hydroxylation sites is 1. The lowest BCUT2D eigenvalue weighted by Crippen LogP contribution is -2.29. The van der Waals surface area contributed by atoms with Crippen molar-refractivity contribution in [1.29, 1.82) is 0 Å². The van der Waals surface area contributed by atoms with E-state index in [9.17, 15) is 14.0 Å². The molecule has 0 saturated carbocycles. The summed E-state index contributed by atoms with van der Waals surface area (Å²) < 4.78 is 24.5. The zero-order valence-corrected chi connectivity index (χ0v) is 16.4. The highest BCUT2D eigenvalue weighted by atomic mass is 19.1. The van der Waals surface area contributed by atoms with Gasteiger partial charge in [0.2, 0.25) is 5.91 Å². The van der Waals surface area contributed by atoms with Gasteiger partial charge in [0.25, 0.3) is 5.91 Å². The first kappa shape index (κ1) is 21.9. The third kappa shape index (κ3) is 6.60. The van der Waals surface area contributed by atoms with Crippen LogP contribution in [0.2, 0.25) is 0 Å². The first-order chi connectivity index (χ1) is 14.1. The Balaban J connectivity index is 1.85. The van der Waals surface area contributed by atoms with Crippen molar-refractivity contribution in [3.8, 4) is 11.5 Å². The third-order valence-electron chi connectivity index (χ3n) is 3.83. The van der Waals surface area contributed by atoms with Crippen LogP contribution in [0.5, 0.6) is 11.5 Å². The Morgan fingerprint density at radius 3 is 2.69 bits per heavy atom. The average Bonchev–Trinajstić information content (AvgIpc) is 2.72. The summed E-state index contributed by atoms with van der Waals surface area (Å²) in [6.45, 7) is 2.57. The SMILES string of the molecule is CCCOc1c(C=NNC(=O)CCNC(=O)c2ccccc2F)cccc1OC. The number of amides is 2. The van der Waals surface area contributed by atoms with Crippen molar-refractivity contribution in [2.75, 3.05) is 20.3 Å². The highest BCUT2D eigenvalue weighted by Crippen LogP contribution is 2.30. The molecule has 8 heteroatoms. The zero-order chi connectivity index (χ0) is 21.1. The van der Waals surface area contributed by atoms with Crippen LogP contribution < -0.4 is 20.2 Å². The molecule has 2 aromatic carbocycles. The maximum atomic E-state index is 13.5. The van der Waals surface area contributed by atoms with E-state index in [0.717, 1.165) is 6.42 Å². The number of hydrogen-bond donors (Lipinski definition) is 2. The predicted octanol–water partition coefficient (Wildman–Crippen LogP) is 2.89. The van der Waals surface area contributed by atoms with Crippen molar-refractivity contribution in [3.05, 3.63) is 59.4 Å². The molecule has 0 bridgehead atoms. The smallest absolute Gasteiger partial charge is 0.254 e. The van der Waals surface area contributed by atoms with Crippen molar-refractivity contribution in [2.45, 2.75) is 19.8 Å². The van der Waals surface area contributed by atoms with E-state index in [0.29, 0.717) is 23.7 Å². The molecule has 0 aliphatic heterocycles. The van der Waals surface area contributed by atoms with Gasteiger partial charge in [0.05, 0.1) is 25.5 Å². The minimum Gasteiger partial charge on any atom is -0.493 e. The summed E-state index contributed by atoms with van der Waals surface area (Å²) in [7, 11) is 1.55. The summed E-state index contributed by atoms with van der Waals surface area (Å²) in [4.78, 5) is 23.8. The highest BCUT2D eigenvalue weighted by molar-refractivity contribution is 5.94. The highest BCUT2D eigenvalue weighted by Gasteiger charge is 2.11. The fraction of sp³-hybridized carbons (Fsp3) is 0.286. The fourth-order valence-electron chi connectivity index (χ4n) is 2.41. The monoisotopic (exact) mass is 401 g/mol. The van der Waals surface area contributed by atoms with Gasteiger partial charge < -0.3 is 14.8 Å². The lowest BCUT2D eigenvalue weighted by molar-refractivity contribution is -0.120. The van der Waals surface area contributed by atoms with Gasteiger partial charge in [-0.3, -0.25) is 9.59 Å². The van der Waals surface area contributed by atoms with E-state index in [1.54, 1.807) is 31.4 Å². The number of carbonyl (C=O) groups is 2. The second-order valence-corrected chi connectivity index (χ2v) is 6.01. The van der Waals surface area contributed by atoms with Crippen LogP contribution in [0.1, 0.15) is 35.7 Å². The molecule has 0 heterocycles. The van der Waals surface area contributed by atoms with E-state index < -0.39 is 17.6 Å². The molecule has 0 atom stereocenters. The standard InChI is InChI=1S/C21H24FN3O4/c1-3-13-29-20-15(7-6-10-18(20)28-2)14-24-25-19(26)11-12-23-21(27)16-8-4-5-9-17(16)22/h4-10,14H,3,11-13H2,1-2H3,(H,23,27)(H,25,26). The normalized spacial score (nSPS) is 10.6. The number of halogens is 1. The third-order valence-corrected chi connectivity index (χ3v) is 3.83. The molecule has 2 amide bonds. The fourth-order valence-corrected chi connectivity index (χ4v) is 2.41. The van der Waals surface area contributed by atoms with Gasteiger partial charge in [-0.2, -0.15) is 5.10 Å². The molecule has 0 aliphatic carbocycles. The van der Waals surface area contributed by atoms with Gasteiger partial charge in [0.1, 0.15) is 5.82 Å². The Hall–Kier alpha value is -3.42. The first-order valence-electron chi connectivity index (χ1n) is 9.21. The topological polar surface area (TPSA) is 89.0 Å². The lowest BCUT2D eigenvalue weighted by Gasteiger charge is -2.12. The minimum absolute atomic E-state index is 0.00512. The van der Waals surface area contributed by atoms with Crippen LogP contribution in [0, 0.1) is 5.82 Å². The van der Waals surface area contributed by atoms with Crippen LogP contribution in [-0.2, 0) is 4.79 Å². The summed E-state index contributed by atoms with van der Waals surface area (Å²) in [6.07, 6.45) is 2.29. The maximum absolute atomic E-state index is 13.5. The number of hydrazone groups is 1. The van der Waals surface area contributed by atoms with Crippen molar-refractivity contribution >= 4 is 18.0 Å². The number of nitrogens with one attached hydrogen (secondary N) is 2. The minimum atomic E-state index is -0.613. The van der Waals surface area contributed by atoms with Crippen molar-refractivity contribution in [1.82, 2.24) is 10.7 Å². The molecule has 2 aromatic rings. The molecule has 0 aliphatic rings. The second-order valence-electron chi connectivity index (χ2n) is 6.01. The van der Waals surface area contributed by atoms with E-state index in [-0.39, 0.29) is 18.5 Å². The van der Waals surface area contributed by atoms with Gasteiger partial charge in [0, 0.05) is 18.5 Å². The quantitative estimate of drug-likeness (QED) is 0.473. The van der Waals surface area contributed by atoms with E-state index in [4.69, 9.17) is 9.47 Å². The second kappa shape index (κ2) is 11.4. The lowest BCUT2D eigenvalue weighted by atomic mass is 10.2. The first-order valence-corrected chi connectivity index (χ1v) is 9.21. The summed E-state index contributed by atoms with van der Waals surface area (Å²) in [6, 6.07) is 11.0. The van der Waals surface area contributed by atoms with E-state index in [1.807, 2.05) is 6.92 Å². The number of benzene rings is 2. The summed E-state index contributed by atoms with van der Waals surface area (Å²) in [5, 5.41) is 6.42. The molecule has 29 heavy (non-hydrogen) atoms. The predicted molar refractivity (Wildman–Crippen MR) is 108 cm³/mol. The number of nitrogens with zero attached hydrogens (tertiary/aromatic N) is 1. The van der Waals surface area contributed by atoms with Gasteiger partial charge >= 0.3 is 0 Å². The molecule has 2 N–H and O–H groups in total. The van der Waals surface area contributed by atoms with E-state index in [1.165, 1.54) is 24.4 Å². The molecule has 0 fully saturated rings. The van der Waals surface area contributed by atoms with Gasteiger partial charge in [-0.1, -0.05) is 25.1 Å². The van der Waals surface area contributed by atoms with Gasteiger partial charge in [-0.25, -0.2) is 9.82 Å². The van der Waals surface area contributed by atoms with Crippen LogP contribution in [0.15, 0.2) is 47.6 Å². The van der Waals surface area contributed by atoms with Crippen LogP contribution in [0.3, 0.4) is 0 Å². The molecule has 0 unspecified atom stereocenters. The van der Waals surface area contributed by atoms with Crippen molar-refractivity contribution in [2.24, 2.45) is 5.10 Å². The van der Waals surface area contributed by atoms with Crippen LogP contribution in [0.4, 0.5) is 4.39 Å². The Morgan fingerprint density at radius 1 is 1.17 bits per heavy atom. The molecule has 154 valence electrons. The molecule has 0 spiro atoms. The Labute approximate surface area is 168 Å². The van der Waals surface area contributed by atoms with E-state index >= 15 is 0 Å². The number of rotatable bonds is 10. The number of carbonyl (C=O) groups excluding carboxylic acids is 2. The summed E-state index contributed by atoms with van der Waals surface area (Å²) in [5.74, 6) is -0.461. The van der Waals surface area contributed by atoms with Crippen LogP contribution in [0.25, 0.3) is 0 Å². The number of ether oxygens (including phenoxy) is 2. The summed E-state index contributed by atoms with van der Waals surface area (Å²) in [5.41, 5.74) is 2.98. The largest absolute Gasteiger partial charge is 0.493 e. The molecule has 0 saturated heterocycles. The molecular weight excluding hydrogens is 377 g/mol. The Morgan fingerprint density at radius 2 is 1.97 bits per heavy atom.